The van der Waals surface area contributed by atoms with E-state index < -0.39 is 25.3 Å². The lowest BCUT2D eigenvalue weighted by molar-refractivity contribution is 0.0517. The lowest BCUT2D eigenvalue weighted by Gasteiger charge is -2.34. The zero-order valence-corrected chi connectivity index (χ0v) is 17.6. The highest BCUT2D eigenvalue weighted by atomic mass is 32.2. The molecular weight excluding hydrogens is 382 g/mol. The number of ether oxygens (including phenoxy) is 1. The molecule has 0 spiro atoms. The number of rotatable bonds is 7. The van der Waals surface area contributed by atoms with Crippen LogP contribution in [0.25, 0.3) is 0 Å². The van der Waals surface area contributed by atoms with Gasteiger partial charge in [0.2, 0.25) is 0 Å². The van der Waals surface area contributed by atoms with Gasteiger partial charge in [-0.1, -0.05) is 6.08 Å². The molecule has 2 aliphatic rings. The van der Waals surface area contributed by atoms with Crippen LogP contribution < -0.4 is 0 Å². The molecule has 1 aromatic rings. The van der Waals surface area contributed by atoms with Gasteiger partial charge in [0.1, 0.15) is 5.69 Å². The average Bonchev–Trinajstić information content (AvgIpc) is 3.35. The Bertz CT molecular complexity index is 941. The van der Waals surface area contributed by atoms with Crippen LogP contribution in [0.3, 0.4) is 0 Å². The van der Waals surface area contributed by atoms with Crippen molar-refractivity contribution in [3.8, 4) is 0 Å². The molecule has 1 aliphatic carbocycles. The monoisotopic (exact) mass is 409 g/mol. The molecule has 28 heavy (non-hydrogen) atoms. The van der Waals surface area contributed by atoms with Gasteiger partial charge in [-0.15, -0.1) is 6.58 Å². The van der Waals surface area contributed by atoms with Crippen LogP contribution in [0.1, 0.15) is 60.2 Å². The van der Waals surface area contributed by atoms with E-state index in [0.29, 0.717) is 37.1 Å². The minimum Gasteiger partial charge on any atom is -0.461 e. The lowest BCUT2D eigenvalue weighted by Crippen LogP contribution is -2.50. The third kappa shape index (κ3) is 2.96. The summed E-state index contributed by atoms with van der Waals surface area (Å²) in [5.41, 5.74) is 1.06. The third-order valence-electron chi connectivity index (χ3n) is 5.78. The molecule has 0 aromatic carbocycles. The fourth-order valence-corrected chi connectivity index (χ4v) is 6.05. The maximum atomic E-state index is 13.1. The molecule has 3 rings (SSSR count). The zero-order chi connectivity index (χ0) is 20.9. The molecule has 1 aliphatic heterocycles. The molecule has 0 unspecified atom stereocenters. The van der Waals surface area contributed by atoms with Crippen molar-refractivity contribution in [3.63, 3.8) is 0 Å². The molecule has 1 aromatic heterocycles. The zero-order valence-electron chi connectivity index (χ0n) is 16.8. The number of carbonyl (C=O) groups is 2. The highest BCUT2D eigenvalue weighted by molar-refractivity contribution is 7.94. The molecule has 0 bridgehead atoms. The fraction of sp³-hybridized carbons (Fsp3) is 0.632. The second-order valence-electron chi connectivity index (χ2n) is 7.99. The number of aromatic nitrogens is 2. The summed E-state index contributed by atoms with van der Waals surface area (Å²) in [5, 5.41) is 4.17. The molecule has 1 fully saturated rings. The molecule has 0 saturated heterocycles. The van der Waals surface area contributed by atoms with E-state index in [1.807, 2.05) is 0 Å². The number of aryl methyl sites for hydroxylation is 1. The van der Waals surface area contributed by atoms with Gasteiger partial charge in [-0.2, -0.15) is 5.10 Å². The Hall–Kier alpha value is -2.16. The number of amides is 1. The molecule has 9 heteroatoms. The normalized spacial score (nSPS) is 18.6. The number of esters is 1. The van der Waals surface area contributed by atoms with Gasteiger partial charge in [0.25, 0.3) is 5.91 Å². The predicted octanol–water partition coefficient (Wildman–Crippen LogP) is 1.51. The summed E-state index contributed by atoms with van der Waals surface area (Å²) in [4.78, 5) is 26.8. The molecule has 0 N–H and O–H groups in total. The van der Waals surface area contributed by atoms with Crippen molar-refractivity contribution in [3.05, 3.63) is 29.6 Å². The van der Waals surface area contributed by atoms with E-state index in [9.17, 15) is 18.0 Å². The Morgan fingerprint density at radius 1 is 1.39 bits per heavy atom. The van der Waals surface area contributed by atoms with Gasteiger partial charge in [0, 0.05) is 25.7 Å². The number of hydrogen-bond acceptors (Lipinski definition) is 6. The molecule has 8 nitrogen and oxygen atoms in total. The third-order valence-corrected chi connectivity index (χ3v) is 9.01. The van der Waals surface area contributed by atoms with E-state index >= 15 is 0 Å². The van der Waals surface area contributed by atoms with Crippen molar-refractivity contribution in [1.82, 2.24) is 14.7 Å². The lowest BCUT2D eigenvalue weighted by atomic mass is 10.0. The molecule has 1 saturated carbocycles. The number of sulfone groups is 1. The van der Waals surface area contributed by atoms with Gasteiger partial charge in [0.05, 0.1) is 16.1 Å². The van der Waals surface area contributed by atoms with Crippen molar-refractivity contribution in [2.45, 2.75) is 49.5 Å². The Morgan fingerprint density at radius 2 is 2.04 bits per heavy atom. The Morgan fingerprint density at radius 3 is 2.57 bits per heavy atom. The topological polar surface area (TPSA) is 98.6 Å². The summed E-state index contributed by atoms with van der Waals surface area (Å²) in [6.45, 7) is 9.36. The number of carbonyl (C=O) groups excluding carboxylic acids is 2. The molecule has 154 valence electrons. The highest BCUT2D eigenvalue weighted by Crippen LogP contribution is 2.49. The van der Waals surface area contributed by atoms with Gasteiger partial charge in [-0.05, 0) is 40.0 Å². The van der Waals surface area contributed by atoms with E-state index in [0.717, 1.165) is 0 Å². The second kappa shape index (κ2) is 6.72. The van der Waals surface area contributed by atoms with E-state index in [2.05, 4.69) is 11.7 Å². The van der Waals surface area contributed by atoms with E-state index in [1.54, 1.807) is 32.7 Å². The average molecular weight is 410 g/mol. The number of fused-ring (bicyclic) bond motifs is 1. The summed E-state index contributed by atoms with van der Waals surface area (Å²) < 4.78 is 30.7. The smallest absolute Gasteiger partial charge is 0.359 e. The van der Waals surface area contributed by atoms with Crippen molar-refractivity contribution in [1.29, 1.82) is 0 Å². The maximum absolute atomic E-state index is 13.1. The standard InChI is InChI=1S/C19H27N3O5S/c1-6-18(3,4)28(25,26)19(9-10-19)12-22-11-8-13-14(17(24)27-7-2)20-21(5)15(13)16(22)23/h6H,1,7-12H2,2-5H3. The summed E-state index contributed by atoms with van der Waals surface area (Å²) in [7, 11) is -1.91. The van der Waals surface area contributed by atoms with Crippen LogP contribution in [0.4, 0.5) is 0 Å². The van der Waals surface area contributed by atoms with Crippen LogP contribution in [-0.2, 0) is 28.0 Å². The minimum atomic E-state index is -3.51. The summed E-state index contributed by atoms with van der Waals surface area (Å²) in [5.74, 6) is -0.848. The first-order valence-corrected chi connectivity index (χ1v) is 10.9. The SMILES string of the molecule is C=CC(C)(C)S(=O)(=O)C1(CN2CCc3c(C(=O)OCC)nn(C)c3C2=O)CC1. The van der Waals surface area contributed by atoms with Gasteiger partial charge in [-0.3, -0.25) is 9.48 Å². The largest absolute Gasteiger partial charge is 0.461 e. The van der Waals surface area contributed by atoms with Crippen LogP contribution in [-0.4, -0.2) is 64.2 Å². The summed E-state index contributed by atoms with van der Waals surface area (Å²) in [6, 6.07) is 0. The van der Waals surface area contributed by atoms with E-state index in [4.69, 9.17) is 4.74 Å². The molecule has 0 radical (unpaired) electrons. The van der Waals surface area contributed by atoms with Crippen LogP contribution in [0.15, 0.2) is 12.7 Å². The quantitative estimate of drug-likeness (QED) is 0.500. The highest BCUT2D eigenvalue weighted by Gasteiger charge is 2.60. The summed E-state index contributed by atoms with van der Waals surface area (Å²) in [6.07, 6.45) is 2.95. The first kappa shape index (κ1) is 20.6. The summed E-state index contributed by atoms with van der Waals surface area (Å²) >= 11 is 0. The van der Waals surface area contributed by atoms with Crippen molar-refractivity contribution < 1.29 is 22.7 Å². The second-order valence-corrected chi connectivity index (χ2v) is 10.9. The van der Waals surface area contributed by atoms with Crippen molar-refractivity contribution in [2.75, 3.05) is 19.7 Å². The van der Waals surface area contributed by atoms with E-state index in [1.165, 1.54) is 10.8 Å². The van der Waals surface area contributed by atoms with Crippen molar-refractivity contribution in [2.24, 2.45) is 7.05 Å². The van der Waals surface area contributed by atoms with Crippen LogP contribution >= 0.6 is 0 Å². The first-order chi connectivity index (χ1) is 13.0. The Labute approximate surface area is 165 Å². The van der Waals surface area contributed by atoms with Crippen LogP contribution in [0.2, 0.25) is 0 Å². The first-order valence-electron chi connectivity index (χ1n) is 9.41. The molecular formula is C19H27N3O5S. The molecule has 0 atom stereocenters. The molecule has 2 heterocycles. The predicted molar refractivity (Wildman–Crippen MR) is 104 cm³/mol. The van der Waals surface area contributed by atoms with Gasteiger partial charge in [0.15, 0.2) is 15.5 Å². The van der Waals surface area contributed by atoms with Gasteiger partial charge >= 0.3 is 5.97 Å². The Kier molecular flexibility index (Phi) is 4.94. The van der Waals surface area contributed by atoms with Crippen LogP contribution in [0.5, 0.6) is 0 Å². The number of nitrogens with zero attached hydrogens (tertiary/aromatic N) is 3. The molecule has 1 amide bonds. The fourth-order valence-electron chi connectivity index (χ4n) is 3.75. The maximum Gasteiger partial charge on any atom is 0.359 e. The Balaban J connectivity index is 1.88. The minimum absolute atomic E-state index is 0.144. The van der Waals surface area contributed by atoms with Gasteiger partial charge in [-0.25, -0.2) is 13.2 Å². The van der Waals surface area contributed by atoms with Gasteiger partial charge < -0.3 is 9.64 Å². The van der Waals surface area contributed by atoms with Crippen molar-refractivity contribution >= 4 is 21.7 Å². The van der Waals surface area contributed by atoms with Crippen LogP contribution in [0, 0.1) is 0 Å². The van der Waals surface area contributed by atoms with E-state index in [-0.39, 0.29) is 24.8 Å². The number of hydrogen-bond donors (Lipinski definition) is 0.